The molecule has 0 atom stereocenters. The highest BCUT2D eigenvalue weighted by Gasteiger charge is 2.14. The molecule has 1 N–H and O–H groups in total. The van der Waals surface area contributed by atoms with Gasteiger partial charge in [0, 0.05) is 17.2 Å². The number of allylic oxidation sites excluding steroid dienone is 1. The van der Waals surface area contributed by atoms with E-state index in [4.69, 9.17) is 4.74 Å². The Morgan fingerprint density at radius 2 is 1.44 bits per heavy atom. The van der Waals surface area contributed by atoms with Gasteiger partial charge in [0.15, 0.2) is 5.78 Å². The molecule has 0 aliphatic heterocycles. The predicted octanol–water partition coefficient (Wildman–Crippen LogP) is 5.58. The first-order valence-corrected chi connectivity index (χ1v) is 8.01. The van der Waals surface area contributed by atoms with Crippen LogP contribution in [-0.2, 0) is 5.41 Å². The summed E-state index contributed by atoms with van der Waals surface area (Å²) >= 11 is 0. The van der Waals surface area contributed by atoms with E-state index in [1.165, 1.54) is 6.08 Å². The zero-order valence-corrected chi connectivity index (χ0v) is 15.4. The van der Waals surface area contributed by atoms with E-state index in [0.29, 0.717) is 16.9 Å². The zero-order valence-electron chi connectivity index (χ0n) is 15.4. The van der Waals surface area contributed by atoms with E-state index < -0.39 is 0 Å². The molecule has 0 bridgehead atoms. The number of methoxy groups -OCH3 is 1. The number of hydrogen-bond acceptors (Lipinski definition) is 3. The summed E-state index contributed by atoms with van der Waals surface area (Å²) in [6, 6.07) is 14.4. The second kappa shape index (κ2) is 8.88. The summed E-state index contributed by atoms with van der Waals surface area (Å²) in [5, 5.41) is 10.1. The van der Waals surface area contributed by atoms with E-state index in [0.717, 1.165) is 5.56 Å². The summed E-state index contributed by atoms with van der Waals surface area (Å²) in [4.78, 5) is 12.3. The molecule has 3 heteroatoms. The molecule has 3 nitrogen and oxygen atoms in total. The molecule has 0 heterocycles. The first kappa shape index (κ1) is 20.2. The van der Waals surface area contributed by atoms with E-state index in [1.54, 1.807) is 43.5 Å². The van der Waals surface area contributed by atoms with Crippen molar-refractivity contribution >= 4 is 11.5 Å². The number of benzene rings is 2. The van der Waals surface area contributed by atoms with Gasteiger partial charge in [-0.3, -0.25) is 4.79 Å². The van der Waals surface area contributed by atoms with Crippen LogP contribution in [0.25, 0.3) is 5.76 Å². The molecule has 0 unspecified atom stereocenters. The number of aliphatic hydroxyl groups is 1. The third-order valence-corrected chi connectivity index (χ3v) is 3.69. The predicted molar refractivity (Wildman–Crippen MR) is 104 cm³/mol. The molecule has 0 fully saturated rings. The maximum atomic E-state index is 12.3. The Balaban J connectivity index is 0.00000151. The average molecular weight is 338 g/mol. The van der Waals surface area contributed by atoms with Crippen molar-refractivity contribution in [2.45, 2.75) is 26.2 Å². The van der Waals surface area contributed by atoms with E-state index in [9.17, 15) is 9.90 Å². The minimum absolute atomic E-state index is 0.0443. The van der Waals surface area contributed by atoms with Crippen LogP contribution in [0, 0.1) is 0 Å². The van der Waals surface area contributed by atoms with Crippen LogP contribution in [-0.4, -0.2) is 18.0 Å². The van der Waals surface area contributed by atoms with Crippen molar-refractivity contribution in [2.75, 3.05) is 7.11 Å². The van der Waals surface area contributed by atoms with Gasteiger partial charge in [-0.1, -0.05) is 45.0 Å². The van der Waals surface area contributed by atoms with Crippen molar-refractivity contribution in [3.8, 4) is 5.75 Å². The quantitative estimate of drug-likeness (QED) is 0.343. The first-order chi connectivity index (χ1) is 11.8. The topological polar surface area (TPSA) is 46.5 Å². The zero-order chi connectivity index (χ0) is 19.0. The van der Waals surface area contributed by atoms with Crippen LogP contribution < -0.4 is 4.74 Å². The summed E-state index contributed by atoms with van der Waals surface area (Å²) in [5.74, 6) is 0.418. The molecule has 0 aliphatic carbocycles. The van der Waals surface area contributed by atoms with Crippen LogP contribution in [0.4, 0.5) is 0 Å². The number of carbonyl (C=O) groups is 1. The van der Waals surface area contributed by atoms with Crippen molar-refractivity contribution in [2.24, 2.45) is 0 Å². The summed E-state index contributed by atoms with van der Waals surface area (Å²) in [7, 11) is 1.58. The Hall–Kier alpha value is -2.81. The molecule has 132 valence electrons. The number of ketones is 1. The number of carbonyl (C=O) groups excluding carboxylic acids is 1. The Labute approximate surface area is 150 Å². The lowest BCUT2D eigenvalue weighted by Gasteiger charge is -2.18. The average Bonchev–Trinajstić information content (AvgIpc) is 2.62. The molecule has 0 aliphatic rings. The minimum atomic E-state index is -0.223. The molecule has 2 aromatic rings. The molecule has 2 rings (SSSR count). The van der Waals surface area contributed by atoms with Crippen LogP contribution >= 0.6 is 0 Å². The highest BCUT2D eigenvalue weighted by molar-refractivity contribution is 6.07. The van der Waals surface area contributed by atoms with Gasteiger partial charge in [-0.15, -0.1) is 13.2 Å². The molecular weight excluding hydrogens is 312 g/mol. The third-order valence-electron chi connectivity index (χ3n) is 3.69. The summed E-state index contributed by atoms with van der Waals surface area (Å²) < 4.78 is 5.07. The van der Waals surface area contributed by atoms with Gasteiger partial charge in [0.05, 0.1) is 7.11 Å². The van der Waals surface area contributed by atoms with Gasteiger partial charge in [0.1, 0.15) is 11.5 Å². The van der Waals surface area contributed by atoms with Crippen molar-refractivity contribution < 1.29 is 14.6 Å². The largest absolute Gasteiger partial charge is 0.507 e. The van der Waals surface area contributed by atoms with Crippen molar-refractivity contribution in [3.05, 3.63) is 84.5 Å². The van der Waals surface area contributed by atoms with E-state index in [2.05, 4.69) is 33.9 Å². The fourth-order valence-electron chi connectivity index (χ4n) is 2.19. The van der Waals surface area contributed by atoms with Gasteiger partial charge in [0.25, 0.3) is 0 Å². The lowest BCUT2D eigenvalue weighted by Crippen LogP contribution is -2.11. The number of aliphatic hydroxyl groups excluding tert-OH is 1. The lowest BCUT2D eigenvalue weighted by molar-refractivity contribution is 0.104. The van der Waals surface area contributed by atoms with Gasteiger partial charge in [0.2, 0.25) is 0 Å². The highest BCUT2D eigenvalue weighted by Crippen LogP contribution is 2.23. The van der Waals surface area contributed by atoms with Gasteiger partial charge in [-0.2, -0.15) is 0 Å². The fraction of sp³-hybridized carbons (Fsp3) is 0.227. The number of hydrogen-bond donors (Lipinski definition) is 1. The van der Waals surface area contributed by atoms with Gasteiger partial charge < -0.3 is 9.84 Å². The summed E-state index contributed by atoms with van der Waals surface area (Å²) in [5.41, 5.74) is 2.34. The van der Waals surface area contributed by atoms with Crippen LogP contribution in [0.15, 0.2) is 67.8 Å². The van der Waals surface area contributed by atoms with Crippen LogP contribution in [0.2, 0.25) is 0 Å². The maximum absolute atomic E-state index is 12.3. The molecule has 2 aromatic carbocycles. The van der Waals surface area contributed by atoms with Crippen molar-refractivity contribution in [3.63, 3.8) is 0 Å². The Morgan fingerprint density at radius 3 is 1.88 bits per heavy atom. The molecule has 0 amide bonds. The third kappa shape index (κ3) is 5.64. The number of ether oxygens (including phenoxy) is 1. The standard InChI is InChI=1S/C20H22O3.C2H4/c1-20(2,3)16-9-5-14(6-10-16)18(21)13-19(22)15-7-11-17(23-4)12-8-15;1-2/h5-13,22H,1-4H3;1-2H2/b19-13-;. The Bertz CT molecular complexity index is 717. The Kier molecular flexibility index (Phi) is 7.19. The minimum Gasteiger partial charge on any atom is -0.507 e. The second-order valence-corrected chi connectivity index (χ2v) is 6.45. The molecule has 0 radical (unpaired) electrons. The maximum Gasteiger partial charge on any atom is 0.189 e. The fourth-order valence-corrected chi connectivity index (χ4v) is 2.19. The molecule has 0 saturated heterocycles. The van der Waals surface area contributed by atoms with E-state index in [-0.39, 0.29) is 17.0 Å². The summed E-state index contributed by atoms with van der Waals surface area (Å²) in [6.07, 6.45) is 1.24. The Morgan fingerprint density at radius 1 is 0.960 bits per heavy atom. The molecule has 25 heavy (non-hydrogen) atoms. The molecule has 0 saturated carbocycles. The normalized spacial score (nSPS) is 11.3. The van der Waals surface area contributed by atoms with Crippen LogP contribution in [0.3, 0.4) is 0 Å². The van der Waals surface area contributed by atoms with Crippen LogP contribution in [0.5, 0.6) is 5.75 Å². The monoisotopic (exact) mass is 338 g/mol. The van der Waals surface area contributed by atoms with E-state index >= 15 is 0 Å². The van der Waals surface area contributed by atoms with Crippen molar-refractivity contribution in [1.82, 2.24) is 0 Å². The molecule has 0 spiro atoms. The van der Waals surface area contributed by atoms with Gasteiger partial charge >= 0.3 is 0 Å². The number of rotatable bonds is 4. The summed E-state index contributed by atoms with van der Waals surface area (Å²) in [6.45, 7) is 12.4. The SMILES string of the molecule is C=C.COc1ccc(/C(O)=C/C(=O)c2ccc(C(C)(C)C)cc2)cc1. The smallest absolute Gasteiger partial charge is 0.189 e. The van der Waals surface area contributed by atoms with E-state index in [1.807, 2.05) is 12.1 Å². The highest BCUT2D eigenvalue weighted by atomic mass is 16.5. The lowest BCUT2D eigenvalue weighted by atomic mass is 9.86. The van der Waals surface area contributed by atoms with Gasteiger partial charge in [-0.25, -0.2) is 0 Å². The van der Waals surface area contributed by atoms with Crippen LogP contribution in [0.1, 0.15) is 42.3 Å². The first-order valence-electron chi connectivity index (χ1n) is 8.01. The second-order valence-electron chi connectivity index (χ2n) is 6.45. The molecule has 0 aromatic heterocycles. The van der Waals surface area contributed by atoms with Gasteiger partial charge in [-0.05, 0) is 35.2 Å². The molecular formula is C22H26O3. The van der Waals surface area contributed by atoms with Crippen molar-refractivity contribution in [1.29, 1.82) is 0 Å².